The van der Waals surface area contributed by atoms with E-state index >= 15 is 0 Å². The van der Waals surface area contributed by atoms with Crippen molar-refractivity contribution < 1.29 is 4.43 Å². The van der Waals surface area contributed by atoms with Gasteiger partial charge in [-0.1, -0.05) is 79.1 Å². The van der Waals surface area contributed by atoms with Crippen LogP contribution >= 0.6 is 30.6 Å². The topological polar surface area (TPSA) is 9.23 Å². The van der Waals surface area contributed by atoms with E-state index in [1.54, 1.807) is 0 Å². The van der Waals surface area contributed by atoms with E-state index in [9.17, 15) is 0 Å². The highest BCUT2D eigenvalue weighted by Gasteiger charge is 2.33. The third-order valence-electron chi connectivity index (χ3n) is 2.10. The molecule has 0 unspecified atom stereocenters. The van der Waals surface area contributed by atoms with Gasteiger partial charge in [-0.3, -0.25) is 0 Å². The van der Waals surface area contributed by atoms with Crippen molar-refractivity contribution in [1.29, 1.82) is 0 Å². The second-order valence-corrected chi connectivity index (χ2v) is 15.0. The summed E-state index contributed by atoms with van der Waals surface area (Å²) in [5, 5.41) is 1.15. The first kappa shape index (κ1) is 11.9. The molecule has 2 rings (SSSR count). The van der Waals surface area contributed by atoms with Gasteiger partial charge in [-0.15, -0.1) is 0 Å². The van der Waals surface area contributed by atoms with Crippen molar-refractivity contribution in [1.82, 2.24) is 0 Å². The lowest BCUT2D eigenvalue weighted by atomic mass is 10.3. The second kappa shape index (κ2) is 5.16. The van der Waals surface area contributed by atoms with E-state index in [1.165, 1.54) is 0 Å². The average Bonchev–Trinajstić information content (AvgIpc) is 2.31. The Balaban J connectivity index is 2.21. The molecule has 1 nitrogen and oxygen atoms in total. The molecule has 0 aromatic heterocycles. The number of benzene rings is 2. The largest absolute Gasteiger partial charge is 0.521 e. The normalized spacial score (nSPS) is 11.1. The molecule has 0 radical (unpaired) electrons. The molecule has 0 fully saturated rings. The Labute approximate surface area is 112 Å². The summed E-state index contributed by atoms with van der Waals surface area (Å²) in [5.41, 5.74) is -2.20. The highest BCUT2D eigenvalue weighted by molar-refractivity contribution is 9.51. The van der Waals surface area contributed by atoms with Crippen LogP contribution in [-0.4, -0.2) is 5.56 Å². The van der Waals surface area contributed by atoms with Crippen molar-refractivity contribution in [2.45, 2.75) is 0 Å². The summed E-state index contributed by atoms with van der Waals surface area (Å²) in [4.78, 5) is 0. The van der Waals surface area contributed by atoms with Gasteiger partial charge in [0.05, 0.1) is 0 Å². The van der Waals surface area contributed by atoms with E-state index in [1.807, 2.05) is 48.5 Å². The Kier molecular flexibility index (Phi) is 3.84. The Bertz CT molecular complexity index is 445. The van der Waals surface area contributed by atoms with Crippen LogP contribution in [0.25, 0.3) is 0 Å². The standard InChI is InChI=1S/C12H10Br2OSi/c13-16(14,12-9-5-2-6-10-12)15-11-7-3-1-4-8-11/h1-10H. The summed E-state index contributed by atoms with van der Waals surface area (Å²) >= 11 is 7.32. The first-order valence-electron chi connectivity index (χ1n) is 4.86. The van der Waals surface area contributed by atoms with Gasteiger partial charge in [0.15, 0.2) is 0 Å². The van der Waals surface area contributed by atoms with Gasteiger partial charge in [0, 0.05) is 0 Å². The highest BCUT2D eigenvalue weighted by Crippen LogP contribution is 2.24. The Morgan fingerprint density at radius 2 is 1.25 bits per heavy atom. The summed E-state index contributed by atoms with van der Waals surface area (Å²) < 4.78 is 5.96. The zero-order chi connectivity index (χ0) is 11.4. The lowest BCUT2D eigenvalue weighted by Gasteiger charge is -2.19. The van der Waals surface area contributed by atoms with E-state index in [2.05, 4.69) is 42.7 Å². The first-order chi connectivity index (χ1) is 7.68. The summed E-state index contributed by atoms with van der Waals surface area (Å²) in [5.74, 6) is 0.867. The number of halogens is 2. The fourth-order valence-electron chi connectivity index (χ4n) is 1.33. The SMILES string of the molecule is Br[Si](Br)(Oc1ccccc1)c1ccccc1. The van der Waals surface area contributed by atoms with E-state index in [4.69, 9.17) is 4.43 Å². The number of rotatable bonds is 3. The fraction of sp³-hybridized carbons (Fsp3) is 0. The predicted molar refractivity (Wildman–Crippen MR) is 76.8 cm³/mol. The third kappa shape index (κ3) is 2.96. The average molecular weight is 358 g/mol. The molecule has 2 aromatic rings. The molecule has 0 saturated heterocycles. The van der Waals surface area contributed by atoms with Gasteiger partial charge in [-0.2, -0.15) is 0 Å². The summed E-state index contributed by atoms with van der Waals surface area (Å²) in [7, 11) is 0. The van der Waals surface area contributed by atoms with Crippen molar-refractivity contribution >= 4 is 41.3 Å². The molecule has 4 heteroatoms. The zero-order valence-corrected chi connectivity index (χ0v) is 12.6. The van der Waals surface area contributed by atoms with Gasteiger partial charge in [0.25, 0.3) is 0 Å². The molecule has 0 aliphatic heterocycles. The lowest BCUT2D eigenvalue weighted by molar-refractivity contribution is 0.596. The predicted octanol–water partition coefficient (Wildman–Crippen LogP) is 3.70. The quantitative estimate of drug-likeness (QED) is 0.601. The zero-order valence-electron chi connectivity index (χ0n) is 8.44. The van der Waals surface area contributed by atoms with Crippen molar-refractivity contribution in [2.24, 2.45) is 0 Å². The summed E-state index contributed by atoms with van der Waals surface area (Å²) in [6.07, 6.45) is 0. The van der Waals surface area contributed by atoms with Crippen LogP contribution in [0.5, 0.6) is 5.75 Å². The Hall–Kier alpha value is -0.583. The van der Waals surface area contributed by atoms with E-state index < -0.39 is 5.56 Å². The molecule has 0 aliphatic rings. The van der Waals surface area contributed by atoms with Crippen LogP contribution in [0, 0.1) is 0 Å². The molecule has 0 bridgehead atoms. The first-order valence-corrected chi connectivity index (χ1v) is 11.3. The van der Waals surface area contributed by atoms with Gasteiger partial charge >= 0.3 is 5.56 Å². The lowest BCUT2D eigenvalue weighted by Crippen LogP contribution is -2.41. The fourth-order valence-corrected chi connectivity index (χ4v) is 5.17. The van der Waals surface area contributed by atoms with Crippen LogP contribution in [0.2, 0.25) is 0 Å². The minimum Gasteiger partial charge on any atom is -0.521 e. The maximum atomic E-state index is 5.96. The smallest absolute Gasteiger partial charge is 0.427 e. The molecular formula is C12H10Br2OSi. The van der Waals surface area contributed by atoms with Crippen LogP contribution in [0.1, 0.15) is 0 Å². The van der Waals surface area contributed by atoms with E-state index in [-0.39, 0.29) is 0 Å². The number of hydrogen-bond acceptors (Lipinski definition) is 1. The molecule has 0 aliphatic carbocycles. The van der Waals surface area contributed by atoms with Gasteiger partial charge in [-0.25, -0.2) is 0 Å². The van der Waals surface area contributed by atoms with Crippen LogP contribution in [0.15, 0.2) is 60.7 Å². The van der Waals surface area contributed by atoms with Crippen molar-refractivity contribution in [3.8, 4) is 5.75 Å². The highest BCUT2D eigenvalue weighted by atomic mass is 79.9. The van der Waals surface area contributed by atoms with Crippen LogP contribution < -0.4 is 9.61 Å². The van der Waals surface area contributed by atoms with Crippen LogP contribution in [0.3, 0.4) is 0 Å². The maximum absolute atomic E-state index is 5.96. The Morgan fingerprint density at radius 1 is 0.750 bits per heavy atom. The molecule has 82 valence electrons. The molecule has 0 spiro atoms. The van der Waals surface area contributed by atoms with Gasteiger partial charge < -0.3 is 4.43 Å². The third-order valence-corrected chi connectivity index (χ3v) is 7.31. The molecule has 0 atom stereocenters. The molecule has 0 amide bonds. The minimum atomic E-state index is -2.20. The van der Waals surface area contributed by atoms with Crippen LogP contribution in [0.4, 0.5) is 0 Å². The molecule has 0 heterocycles. The van der Waals surface area contributed by atoms with Gasteiger partial charge in [-0.05, 0) is 17.3 Å². The Morgan fingerprint density at radius 3 is 1.81 bits per heavy atom. The molecular weight excluding hydrogens is 348 g/mol. The number of hydrogen-bond donors (Lipinski definition) is 0. The van der Waals surface area contributed by atoms with Crippen molar-refractivity contribution in [2.75, 3.05) is 0 Å². The van der Waals surface area contributed by atoms with Gasteiger partial charge in [0.1, 0.15) is 5.75 Å². The summed E-state index contributed by atoms with van der Waals surface area (Å²) in [6.45, 7) is 0. The van der Waals surface area contributed by atoms with E-state index in [0.717, 1.165) is 10.9 Å². The van der Waals surface area contributed by atoms with Crippen molar-refractivity contribution in [3.63, 3.8) is 0 Å². The monoisotopic (exact) mass is 356 g/mol. The van der Waals surface area contributed by atoms with E-state index in [0.29, 0.717) is 0 Å². The maximum Gasteiger partial charge on any atom is 0.427 e. The van der Waals surface area contributed by atoms with Crippen molar-refractivity contribution in [3.05, 3.63) is 60.7 Å². The number of para-hydroxylation sites is 1. The molecule has 2 aromatic carbocycles. The summed E-state index contributed by atoms with van der Waals surface area (Å²) in [6, 6.07) is 19.9. The minimum absolute atomic E-state index is 0.867. The molecule has 0 saturated carbocycles. The second-order valence-electron chi connectivity index (χ2n) is 3.30. The molecule has 0 N–H and O–H groups in total. The van der Waals surface area contributed by atoms with Gasteiger partial charge in [0.2, 0.25) is 0 Å². The van der Waals surface area contributed by atoms with Crippen LogP contribution in [-0.2, 0) is 0 Å². The molecule has 16 heavy (non-hydrogen) atoms.